The van der Waals surface area contributed by atoms with Crippen molar-refractivity contribution in [3.05, 3.63) is 41.0 Å². The Morgan fingerprint density at radius 1 is 1.31 bits per heavy atom. The van der Waals surface area contributed by atoms with Crippen molar-refractivity contribution in [1.82, 2.24) is 9.97 Å². The highest BCUT2D eigenvalue weighted by Gasteiger charge is 2.34. The Kier molecular flexibility index (Phi) is 4.26. The lowest BCUT2D eigenvalue weighted by atomic mass is 10.1. The van der Waals surface area contributed by atoms with E-state index in [9.17, 15) is 22.8 Å². The molecule has 0 atom stereocenters. The van der Waals surface area contributed by atoms with E-state index in [4.69, 9.17) is 4.74 Å². The molecule has 2 aromatic rings. The molecule has 2 heterocycles. The topological polar surface area (TPSA) is 93.2 Å². The lowest BCUT2D eigenvalue weighted by Gasteiger charge is -2.23. The number of nitrogens with one attached hydrogen (secondary N) is 2. The molecule has 10 heteroatoms. The molecule has 0 saturated heterocycles. The Morgan fingerprint density at radius 2 is 2.04 bits per heavy atom. The van der Waals surface area contributed by atoms with Gasteiger partial charge in [-0.1, -0.05) is 0 Å². The molecule has 2 N–H and O–H groups in total. The fourth-order valence-corrected chi connectivity index (χ4v) is 2.45. The Labute approximate surface area is 145 Å². The molecule has 1 aliphatic rings. The van der Waals surface area contributed by atoms with Crippen LogP contribution in [-0.2, 0) is 11.0 Å². The van der Waals surface area contributed by atoms with Gasteiger partial charge in [0.05, 0.1) is 28.2 Å². The van der Waals surface area contributed by atoms with Gasteiger partial charge in [-0.25, -0.2) is 9.97 Å². The number of ether oxygens (including phenoxy) is 1. The van der Waals surface area contributed by atoms with Gasteiger partial charge in [0.25, 0.3) is 11.8 Å². The SMILES string of the molecule is Cc1ncc(C(=O)Nc2cc(C(F)(F)F)cc3c2OCC(=O)N3)c(C)n1. The van der Waals surface area contributed by atoms with Gasteiger partial charge in [-0.15, -0.1) is 0 Å². The zero-order valence-electron chi connectivity index (χ0n) is 13.7. The first-order valence-electron chi connectivity index (χ1n) is 7.44. The van der Waals surface area contributed by atoms with E-state index < -0.39 is 23.6 Å². The number of benzene rings is 1. The van der Waals surface area contributed by atoms with Crippen molar-refractivity contribution in [2.45, 2.75) is 20.0 Å². The molecule has 0 bridgehead atoms. The van der Waals surface area contributed by atoms with Gasteiger partial charge in [0, 0.05) is 6.20 Å². The van der Waals surface area contributed by atoms with Gasteiger partial charge in [0.15, 0.2) is 12.4 Å². The summed E-state index contributed by atoms with van der Waals surface area (Å²) in [5, 5.41) is 4.68. The summed E-state index contributed by atoms with van der Waals surface area (Å²) < 4.78 is 44.5. The van der Waals surface area contributed by atoms with Crippen LogP contribution in [0.15, 0.2) is 18.3 Å². The van der Waals surface area contributed by atoms with Crippen LogP contribution >= 0.6 is 0 Å². The van der Waals surface area contributed by atoms with Crippen LogP contribution in [0.3, 0.4) is 0 Å². The molecule has 0 aliphatic carbocycles. The zero-order valence-corrected chi connectivity index (χ0v) is 13.7. The predicted octanol–water partition coefficient (Wildman–Crippen LogP) is 2.70. The third kappa shape index (κ3) is 3.44. The maximum atomic E-state index is 13.1. The number of amides is 2. The highest BCUT2D eigenvalue weighted by Crippen LogP contribution is 2.42. The fraction of sp³-hybridized carbons (Fsp3) is 0.250. The summed E-state index contributed by atoms with van der Waals surface area (Å²) in [7, 11) is 0. The van der Waals surface area contributed by atoms with Crippen LogP contribution in [0.4, 0.5) is 24.5 Å². The Hall–Kier alpha value is -3.17. The number of carbonyl (C=O) groups is 2. The molecule has 1 aromatic heterocycles. The molecule has 0 unspecified atom stereocenters. The third-order valence-corrected chi connectivity index (χ3v) is 3.63. The van der Waals surface area contributed by atoms with Crippen LogP contribution < -0.4 is 15.4 Å². The van der Waals surface area contributed by atoms with Crippen LogP contribution in [-0.4, -0.2) is 28.4 Å². The average molecular weight is 366 g/mol. The first kappa shape index (κ1) is 17.6. The molecule has 136 valence electrons. The van der Waals surface area contributed by atoms with Crippen LogP contribution in [0, 0.1) is 13.8 Å². The third-order valence-electron chi connectivity index (χ3n) is 3.63. The van der Waals surface area contributed by atoms with E-state index in [1.807, 2.05) is 0 Å². The summed E-state index contributed by atoms with van der Waals surface area (Å²) in [6.07, 6.45) is -3.38. The standard InChI is InChI=1S/C16H13F3N4O3/c1-7-10(5-20-8(2)21-7)15(25)23-12-4-9(16(17,18)19)3-11-14(12)26-6-13(24)22-11/h3-5H,6H2,1-2H3,(H,22,24)(H,23,25). The van der Waals surface area contributed by atoms with Gasteiger partial charge in [-0.2, -0.15) is 13.2 Å². The average Bonchev–Trinajstić information content (AvgIpc) is 2.53. The Bertz CT molecular complexity index is 912. The quantitative estimate of drug-likeness (QED) is 0.852. The summed E-state index contributed by atoms with van der Waals surface area (Å²) in [4.78, 5) is 31.8. The summed E-state index contributed by atoms with van der Waals surface area (Å²) in [5.41, 5.74) is -0.913. The van der Waals surface area contributed by atoms with Gasteiger partial charge in [-0.05, 0) is 26.0 Å². The molecular formula is C16H13F3N4O3. The molecule has 1 aromatic carbocycles. The molecule has 0 saturated carbocycles. The van der Waals surface area contributed by atoms with Gasteiger partial charge < -0.3 is 15.4 Å². The Morgan fingerprint density at radius 3 is 2.69 bits per heavy atom. The summed E-state index contributed by atoms with van der Waals surface area (Å²) in [5.74, 6) is -0.861. The minimum absolute atomic E-state index is 0.0448. The predicted molar refractivity (Wildman–Crippen MR) is 85.0 cm³/mol. The van der Waals surface area contributed by atoms with Crippen molar-refractivity contribution in [1.29, 1.82) is 0 Å². The molecule has 3 rings (SSSR count). The molecule has 0 radical (unpaired) electrons. The van der Waals surface area contributed by atoms with E-state index in [0.29, 0.717) is 11.5 Å². The van der Waals surface area contributed by atoms with E-state index in [-0.39, 0.29) is 29.3 Å². The maximum Gasteiger partial charge on any atom is 0.416 e. The summed E-state index contributed by atoms with van der Waals surface area (Å²) in [6.45, 7) is 2.87. The highest BCUT2D eigenvalue weighted by atomic mass is 19.4. The number of hydrogen-bond donors (Lipinski definition) is 2. The fourth-order valence-electron chi connectivity index (χ4n) is 2.45. The molecule has 2 amide bonds. The minimum atomic E-state index is -4.67. The molecular weight excluding hydrogens is 353 g/mol. The lowest BCUT2D eigenvalue weighted by Crippen LogP contribution is -2.27. The number of aryl methyl sites for hydroxylation is 2. The first-order valence-corrected chi connectivity index (χ1v) is 7.44. The van der Waals surface area contributed by atoms with Crippen molar-refractivity contribution in [3.8, 4) is 5.75 Å². The van der Waals surface area contributed by atoms with Crippen molar-refractivity contribution in [2.75, 3.05) is 17.2 Å². The van der Waals surface area contributed by atoms with Gasteiger partial charge in [0.2, 0.25) is 0 Å². The maximum absolute atomic E-state index is 13.1. The van der Waals surface area contributed by atoms with Gasteiger partial charge >= 0.3 is 6.18 Å². The smallest absolute Gasteiger partial charge is 0.416 e. The van der Waals surface area contributed by atoms with Crippen molar-refractivity contribution in [2.24, 2.45) is 0 Å². The monoisotopic (exact) mass is 366 g/mol. The van der Waals surface area contributed by atoms with Gasteiger partial charge in [0.1, 0.15) is 5.82 Å². The number of alkyl halides is 3. The van der Waals surface area contributed by atoms with Crippen LogP contribution in [0.1, 0.15) is 27.4 Å². The normalized spacial score (nSPS) is 13.5. The number of fused-ring (bicyclic) bond motifs is 1. The summed E-state index contributed by atoms with van der Waals surface area (Å²) >= 11 is 0. The summed E-state index contributed by atoms with van der Waals surface area (Å²) in [6, 6.07) is 1.50. The molecule has 26 heavy (non-hydrogen) atoms. The van der Waals surface area contributed by atoms with E-state index in [1.165, 1.54) is 6.20 Å². The molecule has 1 aliphatic heterocycles. The minimum Gasteiger partial charge on any atom is -0.479 e. The van der Waals surface area contributed by atoms with E-state index >= 15 is 0 Å². The number of carbonyl (C=O) groups excluding carboxylic acids is 2. The number of halogens is 3. The second-order valence-electron chi connectivity index (χ2n) is 5.61. The number of hydrogen-bond acceptors (Lipinski definition) is 5. The van der Waals surface area contributed by atoms with Crippen molar-refractivity contribution in [3.63, 3.8) is 0 Å². The van der Waals surface area contributed by atoms with Gasteiger partial charge in [-0.3, -0.25) is 9.59 Å². The zero-order chi connectivity index (χ0) is 19.1. The van der Waals surface area contributed by atoms with E-state index in [0.717, 1.165) is 12.1 Å². The number of nitrogens with zero attached hydrogens (tertiary/aromatic N) is 2. The number of rotatable bonds is 2. The first-order chi connectivity index (χ1) is 12.1. The van der Waals surface area contributed by atoms with Crippen LogP contribution in [0.5, 0.6) is 5.75 Å². The van der Waals surface area contributed by atoms with E-state index in [2.05, 4.69) is 20.6 Å². The van der Waals surface area contributed by atoms with Crippen LogP contribution in [0.2, 0.25) is 0 Å². The van der Waals surface area contributed by atoms with Crippen molar-refractivity contribution < 1.29 is 27.5 Å². The second-order valence-corrected chi connectivity index (χ2v) is 5.61. The Balaban J connectivity index is 2.02. The van der Waals surface area contributed by atoms with Crippen LogP contribution in [0.25, 0.3) is 0 Å². The molecule has 7 nitrogen and oxygen atoms in total. The second kappa shape index (κ2) is 6.28. The molecule has 0 spiro atoms. The number of anilines is 2. The lowest BCUT2D eigenvalue weighted by molar-refractivity contribution is -0.137. The van der Waals surface area contributed by atoms with Crippen molar-refractivity contribution >= 4 is 23.2 Å². The van der Waals surface area contributed by atoms with E-state index in [1.54, 1.807) is 13.8 Å². The molecule has 0 fully saturated rings. The largest absolute Gasteiger partial charge is 0.479 e. The highest BCUT2D eigenvalue weighted by molar-refractivity contribution is 6.07. The number of aromatic nitrogens is 2.